The number of carbonyl (C=O) groups excluding carboxylic acids is 4. The number of nitrogens with zero attached hydrogens (tertiary/aromatic N) is 1. The van der Waals surface area contributed by atoms with Crippen LogP contribution in [0.4, 0.5) is 5.69 Å². The third-order valence-electron chi connectivity index (χ3n) is 15.5. The van der Waals surface area contributed by atoms with Crippen molar-refractivity contribution >= 4 is 29.1 Å². The number of aliphatic hydroxyl groups excluding tert-OH is 2. The standard InChI is InChI=1S/C56H85N3O12/c1-34-16-11-10-12-17-35(2)45(58-42-18-15-19-43(32-42)67-7)33-44-24-21-39(6)56(66,71-44)53(63)54(64)59-27-14-13-20-46(59)55(65)70-48(36(3)29-40-22-25-47(60)49(31-40)68-8)26-23-41(57)30-38(5)51(62)52(69-9)50(61)37(4)28-34/h10-12,15-19,30,32,34,36-37,39-41,44-49,51-52,58,60,62,66H,13-14,20-29,31,33,57H2,1-9H3/b12-10+,16-11+,35-17+,38-30+/t34-,36-,37-,39?,40+,41+,44?,45?,46+,47-,48+,49-,51-,52+,56-/m1/s1. The molecule has 1 aliphatic carbocycles. The summed E-state index contributed by atoms with van der Waals surface area (Å²) in [4.78, 5) is 58.5. The van der Waals surface area contributed by atoms with Crippen LogP contribution in [0.1, 0.15) is 125 Å². The Morgan fingerprint density at radius 2 is 1.65 bits per heavy atom. The molecule has 0 spiro atoms. The number of Topliss-reactive ketones (excluding diaryl/α,β-unsaturated/α-hetero) is 2. The van der Waals surface area contributed by atoms with Crippen molar-refractivity contribution in [2.24, 2.45) is 35.3 Å². The number of esters is 1. The first-order valence-electron chi connectivity index (χ1n) is 26.1. The second-order valence-corrected chi connectivity index (χ2v) is 21.1. The lowest BCUT2D eigenvalue weighted by Gasteiger charge is -2.43. The van der Waals surface area contributed by atoms with Gasteiger partial charge in [0.25, 0.3) is 11.7 Å². The number of anilines is 1. The molecule has 6 N–H and O–H groups in total. The number of allylic oxidation sites excluding steroid dienone is 5. The molecule has 71 heavy (non-hydrogen) atoms. The molecule has 3 unspecified atom stereocenters. The first-order chi connectivity index (χ1) is 33.8. The third-order valence-corrected chi connectivity index (χ3v) is 15.5. The molecule has 15 nitrogen and oxygen atoms in total. The molecule has 396 valence electrons. The Kier molecular flexibility index (Phi) is 22.1. The Morgan fingerprint density at radius 3 is 2.37 bits per heavy atom. The van der Waals surface area contributed by atoms with Crippen molar-refractivity contribution < 1.29 is 58.2 Å². The highest BCUT2D eigenvalue weighted by atomic mass is 16.6. The fourth-order valence-electron chi connectivity index (χ4n) is 11.0. The minimum atomic E-state index is -2.43. The molecule has 0 radical (unpaired) electrons. The van der Waals surface area contributed by atoms with Crippen LogP contribution in [0, 0.1) is 29.6 Å². The zero-order valence-electron chi connectivity index (χ0n) is 43.8. The van der Waals surface area contributed by atoms with Gasteiger partial charge >= 0.3 is 5.97 Å². The van der Waals surface area contributed by atoms with Gasteiger partial charge in [0, 0.05) is 56.4 Å². The van der Waals surface area contributed by atoms with E-state index < -0.39 is 77.9 Å². The average molecular weight is 992 g/mol. The van der Waals surface area contributed by atoms with E-state index in [1.54, 1.807) is 34.1 Å². The van der Waals surface area contributed by atoms with E-state index in [1.807, 2.05) is 82.3 Å². The number of piperidine rings is 1. The number of hydrogen-bond donors (Lipinski definition) is 5. The fraction of sp³-hybridized carbons (Fsp3) is 0.679. The van der Waals surface area contributed by atoms with E-state index in [4.69, 9.17) is 29.4 Å². The second-order valence-electron chi connectivity index (χ2n) is 21.1. The van der Waals surface area contributed by atoms with Gasteiger partial charge in [-0.05, 0) is 133 Å². The van der Waals surface area contributed by atoms with Gasteiger partial charge in [-0.3, -0.25) is 14.4 Å². The molecule has 1 amide bonds. The van der Waals surface area contributed by atoms with Crippen LogP contribution in [0.2, 0.25) is 0 Å². The molecule has 2 saturated heterocycles. The Labute approximate surface area is 422 Å². The van der Waals surface area contributed by atoms with Crippen LogP contribution in [0.3, 0.4) is 0 Å². The molecule has 5 rings (SSSR count). The summed E-state index contributed by atoms with van der Waals surface area (Å²) in [6.45, 7) is 11.4. The number of aliphatic hydroxyl groups is 3. The summed E-state index contributed by atoms with van der Waals surface area (Å²) in [5.41, 5.74) is 8.92. The van der Waals surface area contributed by atoms with Crippen molar-refractivity contribution in [1.82, 2.24) is 4.90 Å². The molecule has 4 aliphatic rings. The Hall–Kier alpha value is -4.22. The molecular weight excluding hydrogens is 907 g/mol. The Morgan fingerprint density at radius 1 is 0.887 bits per heavy atom. The molecule has 0 aromatic heterocycles. The largest absolute Gasteiger partial charge is 0.497 e. The van der Waals surface area contributed by atoms with E-state index in [2.05, 4.69) is 5.32 Å². The highest BCUT2D eigenvalue weighted by Gasteiger charge is 2.53. The summed E-state index contributed by atoms with van der Waals surface area (Å²) in [5, 5.41) is 37.8. The van der Waals surface area contributed by atoms with Crippen LogP contribution in [-0.4, -0.2) is 132 Å². The number of benzene rings is 1. The normalized spacial score (nSPS) is 37.8. The Balaban J connectivity index is 1.48. The van der Waals surface area contributed by atoms with E-state index in [0.29, 0.717) is 82.0 Å². The van der Waals surface area contributed by atoms with Crippen LogP contribution in [-0.2, 0) is 38.1 Å². The number of nitrogens with one attached hydrogen (secondary N) is 1. The maximum atomic E-state index is 14.5. The van der Waals surface area contributed by atoms with Gasteiger partial charge in [0.05, 0.1) is 25.4 Å². The van der Waals surface area contributed by atoms with E-state index in [-0.39, 0.29) is 48.6 Å². The van der Waals surface area contributed by atoms with Crippen molar-refractivity contribution in [2.45, 2.75) is 186 Å². The molecule has 1 saturated carbocycles. The molecule has 15 atom stereocenters. The van der Waals surface area contributed by atoms with Gasteiger partial charge in [-0.2, -0.15) is 0 Å². The number of methoxy groups -OCH3 is 3. The quantitative estimate of drug-likeness (QED) is 0.0993. The highest BCUT2D eigenvalue weighted by Crippen LogP contribution is 2.38. The van der Waals surface area contributed by atoms with Gasteiger partial charge in [0.15, 0.2) is 5.78 Å². The molecule has 3 heterocycles. The summed E-state index contributed by atoms with van der Waals surface area (Å²) >= 11 is 0. The molecular formula is C56H85N3O12. The number of cyclic esters (lactones) is 1. The minimum absolute atomic E-state index is 0.0254. The summed E-state index contributed by atoms with van der Waals surface area (Å²) in [6, 6.07) is 5.56. The lowest BCUT2D eigenvalue weighted by Crippen LogP contribution is -2.61. The van der Waals surface area contributed by atoms with Crippen molar-refractivity contribution in [1.29, 1.82) is 0 Å². The maximum Gasteiger partial charge on any atom is 0.329 e. The van der Waals surface area contributed by atoms with Gasteiger partial charge in [0.1, 0.15) is 30.1 Å². The lowest BCUT2D eigenvalue weighted by atomic mass is 9.78. The van der Waals surface area contributed by atoms with Gasteiger partial charge in [-0.25, -0.2) is 4.79 Å². The SMILES string of the molecule is COc1cccc(NC2CC3CCC(C)[C@@](O)(O3)C(=O)C(=O)N3CCCC[C@H]3C(=O)O[C@H]([C@H](C)C[C@@H]3CC[C@@H](O)[C@H](OC)C3)CC[C@H](N)/C=C(\C)[C@@H](O)[C@@H](OC)C(=O)[C@H](C)C[C@H](C)/C=C/C=C/C=C/2C)c1. The summed E-state index contributed by atoms with van der Waals surface area (Å²) in [5.74, 6) is -5.78. The molecule has 3 fully saturated rings. The minimum Gasteiger partial charge on any atom is -0.497 e. The first kappa shape index (κ1) is 57.7. The summed E-state index contributed by atoms with van der Waals surface area (Å²) < 4.78 is 29.5. The number of fused-ring (bicyclic) bond motifs is 3. The zero-order chi connectivity index (χ0) is 52.0. The fourth-order valence-corrected chi connectivity index (χ4v) is 11.0. The molecule has 3 aliphatic heterocycles. The van der Waals surface area contributed by atoms with Gasteiger partial charge in [0.2, 0.25) is 5.79 Å². The van der Waals surface area contributed by atoms with Crippen LogP contribution in [0.15, 0.2) is 71.9 Å². The molecule has 1 aromatic carbocycles. The second kappa shape index (κ2) is 27.2. The topological polar surface area (TPSA) is 216 Å². The number of ketones is 2. The number of rotatable bonds is 8. The van der Waals surface area contributed by atoms with Gasteiger partial charge < -0.3 is 55.0 Å². The predicted molar refractivity (Wildman–Crippen MR) is 273 cm³/mol. The number of amides is 1. The number of carbonyl (C=O) groups is 4. The molecule has 1 aromatic rings. The average Bonchev–Trinajstić information content (AvgIpc) is 3.35. The van der Waals surface area contributed by atoms with Crippen LogP contribution < -0.4 is 15.8 Å². The van der Waals surface area contributed by atoms with Crippen molar-refractivity contribution in [3.8, 4) is 5.75 Å². The van der Waals surface area contributed by atoms with E-state index in [9.17, 15) is 34.5 Å². The van der Waals surface area contributed by atoms with Crippen LogP contribution >= 0.6 is 0 Å². The van der Waals surface area contributed by atoms with E-state index in [0.717, 1.165) is 17.7 Å². The summed E-state index contributed by atoms with van der Waals surface area (Å²) in [6.07, 6.45) is 13.7. The van der Waals surface area contributed by atoms with E-state index >= 15 is 0 Å². The molecule has 15 heteroatoms. The first-order valence-corrected chi connectivity index (χ1v) is 26.1. The van der Waals surface area contributed by atoms with Gasteiger partial charge in [-0.1, -0.05) is 75.8 Å². The van der Waals surface area contributed by atoms with Crippen molar-refractivity contribution in [2.75, 3.05) is 33.2 Å². The summed E-state index contributed by atoms with van der Waals surface area (Å²) in [7, 11) is 4.61. The van der Waals surface area contributed by atoms with Crippen molar-refractivity contribution in [3.63, 3.8) is 0 Å². The van der Waals surface area contributed by atoms with E-state index in [1.165, 1.54) is 12.0 Å². The Bertz CT molecular complexity index is 2050. The smallest absolute Gasteiger partial charge is 0.329 e. The number of nitrogens with two attached hydrogens (primary N) is 1. The molecule has 2 bridgehead atoms. The lowest BCUT2D eigenvalue weighted by molar-refractivity contribution is -0.263. The van der Waals surface area contributed by atoms with Crippen LogP contribution in [0.5, 0.6) is 5.75 Å². The number of ether oxygens (including phenoxy) is 5. The predicted octanol–water partition coefficient (Wildman–Crippen LogP) is 7.17. The van der Waals surface area contributed by atoms with Gasteiger partial charge in [-0.15, -0.1) is 0 Å². The van der Waals surface area contributed by atoms with Crippen molar-refractivity contribution in [3.05, 3.63) is 71.9 Å². The number of hydrogen-bond acceptors (Lipinski definition) is 14. The third kappa shape index (κ3) is 15.6. The maximum absolute atomic E-state index is 14.5. The highest BCUT2D eigenvalue weighted by molar-refractivity contribution is 6.39. The van der Waals surface area contributed by atoms with Crippen LogP contribution in [0.25, 0.3) is 0 Å². The monoisotopic (exact) mass is 992 g/mol. The zero-order valence-corrected chi connectivity index (χ0v) is 43.8.